The lowest BCUT2D eigenvalue weighted by atomic mass is 9.95. The Morgan fingerprint density at radius 3 is 2.42 bits per heavy atom. The van der Waals surface area contributed by atoms with Crippen molar-refractivity contribution in [3.05, 3.63) is 65.2 Å². The summed E-state index contributed by atoms with van der Waals surface area (Å²) < 4.78 is 10.8. The fraction of sp³-hybridized carbons (Fsp3) is 0.360. The van der Waals surface area contributed by atoms with Crippen LogP contribution < -0.4 is 9.47 Å². The number of ether oxygens (including phenoxy) is 2. The molecule has 164 valence electrons. The molecule has 6 nitrogen and oxygen atoms in total. The molecular weight excluding hydrogens is 394 g/mol. The number of carbonyl (C=O) groups excluding carboxylic acids is 2. The molecule has 0 bridgehead atoms. The van der Waals surface area contributed by atoms with Crippen LogP contribution >= 0.6 is 0 Å². The van der Waals surface area contributed by atoms with Crippen molar-refractivity contribution in [1.29, 1.82) is 0 Å². The quantitative estimate of drug-likeness (QED) is 0.274. The summed E-state index contributed by atoms with van der Waals surface area (Å²) in [6, 6.07) is 13.4. The van der Waals surface area contributed by atoms with Gasteiger partial charge < -0.3 is 19.5 Å². The lowest BCUT2D eigenvalue weighted by Crippen LogP contribution is -2.30. The predicted octanol–water partition coefficient (Wildman–Crippen LogP) is 4.71. The Hall–Kier alpha value is -3.28. The fourth-order valence-corrected chi connectivity index (χ4v) is 3.83. The van der Waals surface area contributed by atoms with E-state index >= 15 is 0 Å². The maximum atomic E-state index is 13.0. The van der Waals surface area contributed by atoms with E-state index in [0.29, 0.717) is 30.2 Å². The summed E-state index contributed by atoms with van der Waals surface area (Å²) >= 11 is 0. The Labute approximate surface area is 183 Å². The number of hydrogen-bond donors (Lipinski definition) is 1. The monoisotopic (exact) mass is 423 g/mol. The van der Waals surface area contributed by atoms with Crippen molar-refractivity contribution in [2.45, 2.75) is 39.2 Å². The van der Waals surface area contributed by atoms with Gasteiger partial charge in [0.1, 0.15) is 17.3 Å². The average Bonchev–Trinajstić information content (AvgIpc) is 3.04. The van der Waals surface area contributed by atoms with Gasteiger partial charge in [-0.15, -0.1) is 0 Å². The molecule has 0 aromatic heterocycles. The van der Waals surface area contributed by atoms with Crippen molar-refractivity contribution >= 4 is 17.4 Å². The number of aliphatic hydroxyl groups is 1. The van der Waals surface area contributed by atoms with Gasteiger partial charge in [0, 0.05) is 12.1 Å². The second kappa shape index (κ2) is 10.2. The van der Waals surface area contributed by atoms with Gasteiger partial charge in [0.05, 0.1) is 25.3 Å². The van der Waals surface area contributed by atoms with Crippen molar-refractivity contribution in [3.8, 4) is 11.5 Å². The number of carbonyl (C=O) groups is 2. The molecular formula is C25H29NO5. The average molecular weight is 424 g/mol. The Bertz CT molecular complexity index is 964. The van der Waals surface area contributed by atoms with Gasteiger partial charge in [0.2, 0.25) is 0 Å². The molecule has 1 N–H and O–H groups in total. The molecule has 1 unspecified atom stereocenters. The number of ketones is 1. The van der Waals surface area contributed by atoms with Crippen LogP contribution in [0.3, 0.4) is 0 Å². The van der Waals surface area contributed by atoms with Crippen molar-refractivity contribution in [2.24, 2.45) is 0 Å². The van der Waals surface area contributed by atoms with E-state index in [1.807, 2.05) is 19.1 Å². The highest BCUT2D eigenvalue weighted by Gasteiger charge is 2.45. The highest BCUT2D eigenvalue weighted by Crippen LogP contribution is 2.40. The third kappa shape index (κ3) is 4.74. The number of likely N-dealkylation sites (tertiary alicyclic amines) is 1. The first kappa shape index (κ1) is 22.4. The summed E-state index contributed by atoms with van der Waals surface area (Å²) in [6.07, 6.45) is 2.74. The van der Waals surface area contributed by atoms with E-state index in [-0.39, 0.29) is 11.3 Å². The van der Waals surface area contributed by atoms with Gasteiger partial charge in [0.25, 0.3) is 11.7 Å². The standard InChI is InChI=1S/C25H29NO5/c1-4-6-7-15-26-22(18-9-8-10-20(16-18)30-3)21(24(28)25(26)29)23(27)17-11-13-19(14-12-17)31-5-2/h8-14,16,22,27H,4-7,15H2,1-3H3/b23-21-. The van der Waals surface area contributed by atoms with Crippen LogP contribution in [-0.2, 0) is 9.59 Å². The zero-order chi connectivity index (χ0) is 22.4. The van der Waals surface area contributed by atoms with Crippen LogP contribution in [0, 0.1) is 0 Å². The number of rotatable bonds is 9. The van der Waals surface area contributed by atoms with Crippen LogP contribution in [0.15, 0.2) is 54.1 Å². The number of unbranched alkanes of at least 4 members (excludes halogenated alkanes) is 2. The van der Waals surface area contributed by atoms with Gasteiger partial charge in [-0.1, -0.05) is 31.9 Å². The van der Waals surface area contributed by atoms with E-state index in [1.165, 1.54) is 0 Å². The fourth-order valence-electron chi connectivity index (χ4n) is 3.83. The summed E-state index contributed by atoms with van der Waals surface area (Å²) in [5.41, 5.74) is 1.28. The van der Waals surface area contributed by atoms with Crippen LogP contribution in [-0.4, -0.2) is 42.0 Å². The van der Waals surface area contributed by atoms with Gasteiger partial charge in [-0.2, -0.15) is 0 Å². The minimum absolute atomic E-state index is 0.0962. The molecule has 2 aromatic carbocycles. The summed E-state index contributed by atoms with van der Waals surface area (Å²) in [7, 11) is 1.57. The number of aliphatic hydroxyl groups excluding tert-OH is 1. The zero-order valence-electron chi connectivity index (χ0n) is 18.3. The smallest absolute Gasteiger partial charge is 0.295 e. The lowest BCUT2D eigenvalue weighted by Gasteiger charge is -2.25. The van der Waals surface area contributed by atoms with Crippen LogP contribution in [0.25, 0.3) is 5.76 Å². The van der Waals surface area contributed by atoms with Crippen LogP contribution in [0.2, 0.25) is 0 Å². The largest absolute Gasteiger partial charge is 0.507 e. The molecule has 1 aliphatic rings. The van der Waals surface area contributed by atoms with Gasteiger partial charge >= 0.3 is 0 Å². The summed E-state index contributed by atoms with van der Waals surface area (Å²) in [6.45, 7) is 4.95. The van der Waals surface area contributed by atoms with E-state index in [2.05, 4.69) is 6.92 Å². The molecule has 1 amide bonds. The van der Waals surface area contributed by atoms with Gasteiger partial charge in [0.15, 0.2) is 0 Å². The molecule has 2 aromatic rings. The number of hydrogen-bond acceptors (Lipinski definition) is 5. The maximum absolute atomic E-state index is 13.0. The normalized spacial score (nSPS) is 17.8. The third-order valence-electron chi connectivity index (χ3n) is 5.39. The third-order valence-corrected chi connectivity index (χ3v) is 5.39. The molecule has 3 rings (SSSR count). The van der Waals surface area contributed by atoms with Crippen molar-refractivity contribution in [2.75, 3.05) is 20.3 Å². The predicted molar refractivity (Wildman–Crippen MR) is 119 cm³/mol. The highest BCUT2D eigenvalue weighted by atomic mass is 16.5. The molecule has 1 heterocycles. The minimum atomic E-state index is -0.671. The molecule has 31 heavy (non-hydrogen) atoms. The van der Waals surface area contributed by atoms with Crippen molar-refractivity contribution in [3.63, 3.8) is 0 Å². The van der Waals surface area contributed by atoms with Crippen LogP contribution in [0.1, 0.15) is 50.3 Å². The number of nitrogens with zero attached hydrogens (tertiary/aromatic N) is 1. The Balaban J connectivity index is 2.08. The molecule has 6 heteroatoms. The topological polar surface area (TPSA) is 76.1 Å². The van der Waals surface area contributed by atoms with Gasteiger partial charge in [-0.25, -0.2) is 0 Å². The van der Waals surface area contributed by atoms with E-state index in [4.69, 9.17) is 9.47 Å². The molecule has 0 saturated carbocycles. The number of amides is 1. The number of Topliss-reactive ketones (excluding diaryl/α,β-unsaturated/α-hetero) is 1. The van der Waals surface area contributed by atoms with Crippen LogP contribution in [0.5, 0.6) is 11.5 Å². The van der Waals surface area contributed by atoms with E-state index in [0.717, 1.165) is 24.8 Å². The molecule has 0 radical (unpaired) electrons. The second-order valence-electron chi connectivity index (χ2n) is 7.43. The Morgan fingerprint density at radius 2 is 1.77 bits per heavy atom. The zero-order valence-corrected chi connectivity index (χ0v) is 18.3. The van der Waals surface area contributed by atoms with E-state index in [9.17, 15) is 14.7 Å². The first-order valence-corrected chi connectivity index (χ1v) is 10.7. The second-order valence-corrected chi connectivity index (χ2v) is 7.43. The molecule has 1 atom stereocenters. The molecule has 0 spiro atoms. The van der Waals surface area contributed by atoms with E-state index < -0.39 is 17.7 Å². The minimum Gasteiger partial charge on any atom is -0.507 e. The first-order chi connectivity index (χ1) is 15.0. The molecule has 1 saturated heterocycles. The lowest BCUT2D eigenvalue weighted by molar-refractivity contribution is -0.139. The van der Waals surface area contributed by atoms with Crippen molar-refractivity contribution < 1.29 is 24.2 Å². The molecule has 1 aliphatic heterocycles. The summed E-state index contributed by atoms with van der Waals surface area (Å²) in [5, 5.41) is 11.1. The number of benzene rings is 2. The molecule has 1 fully saturated rings. The van der Waals surface area contributed by atoms with Crippen LogP contribution in [0.4, 0.5) is 0 Å². The molecule has 0 aliphatic carbocycles. The maximum Gasteiger partial charge on any atom is 0.295 e. The number of methoxy groups -OCH3 is 1. The SMILES string of the molecule is CCCCCN1C(=O)C(=O)/C(=C(\O)c2ccc(OCC)cc2)C1c1cccc(OC)c1. The van der Waals surface area contributed by atoms with Crippen molar-refractivity contribution in [1.82, 2.24) is 4.90 Å². The van der Waals surface area contributed by atoms with Gasteiger partial charge in [-0.05, 0) is 55.3 Å². The van der Waals surface area contributed by atoms with Gasteiger partial charge in [-0.3, -0.25) is 9.59 Å². The first-order valence-electron chi connectivity index (χ1n) is 10.7. The van der Waals surface area contributed by atoms with E-state index in [1.54, 1.807) is 48.4 Å². The Kier molecular flexibility index (Phi) is 7.34. The Morgan fingerprint density at radius 1 is 1.03 bits per heavy atom. The summed E-state index contributed by atoms with van der Waals surface area (Å²) in [5.74, 6) is -0.152. The highest BCUT2D eigenvalue weighted by molar-refractivity contribution is 6.46. The summed E-state index contributed by atoms with van der Waals surface area (Å²) in [4.78, 5) is 27.5.